The molecular formula is C19H27N5O2S2. The Balaban J connectivity index is 1.52. The van der Waals surface area contributed by atoms with Gasteiger partial charge in [-0.05, 0) is 50.8 Å². The summed E-state index contributed by atoms with van der Waals surface area (Å²) in [5.74, 6) is 0. The van der Waals surface area contributed by atoms with Gasteiger partial charge >= 0.3 is 0 Å². The minimum absolute atomic E-state index is 0.115. The van der Waals surface area contributed by atoms with Crippen molar-refractivity contribution in [1.82, 2.24) is 20.3 Å². The fraction of sp³-hybridized carbons (Fsp3) is 0.579. The molecule has 0 amide bonds. The van der Waals surface area contributed by atoms with E-state index in [0.717, 1.165) is 24.2 Å². The van der Waals surface area contributed by atoms with Crippen molar-refractivity contribution in [3.05, 3.63) is 30.5 Å². The number of benzene rings is 1. The normalized spacial score (nSPS) is 27.6. The second-order valence-electron chi connectivity index (χ2n) is 7.63. The summed E-state index contributed by atoms with van der Waals surface area (Å²) in [7, 11) is -3.69. The SMILES string of the molecule is CCCN[C@@H]1CC[C@H]2S[C@@H]1CC[C@H]2n1nncc1-c1ccc(S(N)(=O)=O)cc1. The van der Waals surface area contributed by atoms with Crippen LogP contribution in [-0.2, 0) is 10.0 Å². The zero-order valence-electron chi connectivity index (χ0n) is 16.0. The van der Waals surface area contributed by atoms with Gasteiger partial charge in [0.15, 0.2) is 0 Å². The van der Waals surface area contributed by atoms with E-state index in [0.29, 0.717) is 22.6 Å². The van der Waals surface area contributed by atoms with E-state index in [-0.39, 0.29) is 4.90 Å². The Labute approximate surface area is 170 Å². The number of fused-ring (bicyclic) bond motifs is 2. The zero-order valence-corrected chi connectivity index (χ0v) is 17.6. The molecule has 2 aromatic rings. The molecule has 2 aliphatic rings. The molecule has 4 rings (SSSR count). The number of primary sulfonamides is 1. The average Bonchev–Trinajstić information content (AvgIpc) is 3.17. The minimum atomic E-state index is -3.69. The molecule has 1 aromatic heterocycles. The van der Waals surface area contributed by atoms with Crippen molar-refractivity contribution in [3.8, 4) is 11.3 Å². The highest BCUT2D eigenvalue weighted by atomic mass is 32.2. The Kier molecular flexibility index (Phi) is 5.78. The molecule has 7 nitrogen and oxygen atoms in total. The predicted octanol–water partition coefficient (Wildman–Crippen LogP) is 2.56. The topological polar surface area (TPSA) is 103 Å². The van der Waals surface area contributed by atoms with Crippen molar-refractivity contribution in [3.63, 3.8) is 0 Å². The van der Waals surface area contributed by atoms with Crippen LogP contribution in [0.25, 0.3) is 11.3 Å². The second kappa shape index (κ2) is 8.14. The monoisotopic (exact) mass is 421 g/mol. The Bertz CT molecular complexity index is 913. The lowest BCUT2D eigenvalue weighted by molar-refractivity contribution is 0.303. The average molecular weight is 422 g/mol. The number of hydrogen-bond donors (Lipinski definition) is 2. The number of nitrogens with two attached hydrogens (primary N) is 1. The smallest absolute Gasteiger partial charge is 0.238 e. The number of hydrogen-bond acceptors (Lipinski definition) is 6. The highest BCUT2D eigenvalue weighted by Gasteiger charge is 2.40. The summed E-state index contributed by atoms with van der Waals surface area (Å²) >= 11 is 2.10. The van der Waals surface area contributed by atoms with Crippen LogP contribution >= 0.6 is 11.8 Å². The molecule has 28 heavy (non-hydrogen) atoms. The minimum Gasteiger partial charge on any atom is -0.313 e. The Hall–Kier alpha value is -1.42. The Morgan fingerprint density at radius 3 is 2.64 bits per heavy atom. The van der Waals surface area contributed by atoms with E-state index in [1.165, 1.54) is 37.8 Å². The van der Waals surface area contributed by atoms with E-state index in [1.807, 2.05) is 4.68 Å². The third-order valence-electron chi connectivity index (χ3n) is 5.76. The van der Waals surface area contributed by atoms with Gasteiger partial charge in [0.1, 0.15) is 0 Å². The molecule has 9 heteroatoms. The van der Waals surface area contributed by atoms with Crippen LogP contribution in [0.1, 0.15) is 45.1 Å². The summed E-state index contributed by atoms with van der Waals surface area (Å²) in [5.41, 5.74) is 1.83. The first-order valence-corrected chi connectivity index (χ1v) is 12.4. The summed E-state index contributed by atoms with van der Waals surface area (Å²) < 4.78 is 25.0. The molecule has 2 fully saturated rings. The fourth-order valence-corrected chi connectivity index (χ4v) is 6.71. The first kappa shape index (κ1) is 19.9. The zero-order chi connectivity index (χ0) is 19.7. The van der Waals surface area contributed by atoms with Crippen LogP contribution < -0.4 is 10.5 Å². The first-order valence-electron chi connectivity index (χ1n) is 9.89. The van der Waals surface area contributed by atoms with Gasteiger partial charge < -0.3 is 5.32 Å². The summed E-state index contributed by atoms with van der Waals surface area (Å²) in [6, 6.07) is 7.58. The molecule has 0 saturated carbocycles. The van der Waals surface area contributed by atoms with Crippen LogP contribution in [0.3, 0.4) is 0 Å². The fourth-order valence-electron chi connectivity index (χ4n) is 4.34. The van der Waals surface area contributed by atoms with Gasteiger partial charge in [0.25, 0.3) is 0 Å². The van der Waals surface area contributed by atoms with E-state index in [1.54, 1.807) is 18.3 Å². The lowest BCUT2D eigenvalue weighted by Crippen LogP contribution is -2.47. The van der Waals surface area contributed by atoms with Crippen molar-refractivity contribution >= 4 is 21.8 Å². The molecule has 2 bridgehead atoms. The quantitative estimate of drug-likeness (QED) is 0.743. The number of rotatable bonds is 6. The molecule has 152 valence electrons. The molecule has 0 spiro atoms. The molecule has 0 unspecified atom stereocenters. The number of nitrogens with one attached hydrogen (secondary N) is 1. The van der Waals surface area contributed by atoms with Crippen LogP contribution in [0, 0.1) is 0 Å². The van der Waals surface area contributed by atoms with Crippen molar-refractivity contribution < 1.29 is 8.42 Å². The van der Waals surface area contributed by atoms with Crippen LogP contribution in [0.15, 0.2) is 35.4 Å². The van der Waals surface area contributed by atoms with Gasteiger partial charge in [-0.1, -0.05) is 24.3 Å². The molecule has 3 heterocycles. The molecule has 2 aliphatic heterocycles. The van der Waals surface area contributed by atoms with Crippen LogP contribution in [0.2, 0.25) is 0 Å². The maximum atomic E-state index is 11.5. The summed E-state index contributed by atoms with van der Waals surface area (Å²) in [6.45, 7) is 3.31. The predicted molar refractivity (Wildman–Crippen MR) is 112 cm³/mol. The number of nitrogens with zero attached hydrogens (tertiary/aromatic N) is 3. The summed E-state index contributed by atoms with van der Waals surface area (Å²) in [4.78, 5) is 0.115. The van der Waals surface area contributed by atoms with Gasteiger partial charge in [0.2, 0.25) is 10.0 Å². The summed E-state index contributed by atoms with van der Waals surface area (Å²) in [6.07, 6.45) is 7.60. The molecular weight excluding hydrogens is 394 g/mol. The van der Waals surface area contributed by atoms with Gasteiger partial charge in [-0.2, -0.15) is 11.8 Å². The third-order valence-corrected chi connectivity index (χ3v) is 8.50. The first-order chi connectivity index (χ1) is 13.5. The maximum absolute atomic E-state index is 11.5. The van der Waals surface area contributed by atoms with Crippen molar-refractivity contribution in [1.29, 1.82) is 0 Å². The molecule has 3 N–H and O–H groups in total. The van der Waals surface area contributed by atoms with Crippen molar-refractivity contribution in [2.24, 2.45) is 5.14 Å². The Morgan fingerprint density at radius 2 is 1.93 bits per heavy atom. The molecule has 2 saturated heterocycles. The number of sulfonamides is 1. The molecule has 0 aliphatic carbocycles. The second-order valence-corrected chi connectivity index (χ2v) is 10.7. The van der Waals surface area contributed by atoms with Crippen LogP contribution in [-0.4, -0.2) is 46.5 Å². The Morgan fingerprint density at radius 1 is 1.18 bits per heavy atom. The van der Waals surface area contributed by atoms with E-state index < -0.39 is 10.0 Å². The number of aromatic nitrogens is 3. The standard InChI is InChI=1S/C19H27N5O2S2/c1-2-11-21-15-7-9-19-16(8-10-18(15)27-19)24-17(12-22-23-24)13-3-5-14(6-4-13)28(20,25)26/h3-6,12,15-16,18-19,21H,2,7-11H2,1H3,(H2,20,25,26)/t15-,16-,18-,19-/m1/s1. The van der Waals surface area contributed by atoms with E-state index in [4.69, 9.17) is 5.14 Å². The van der Waals surface area contributed by atoms with E-state index in [9.17, 15) is 8.42 Å². The lowest BCUT2D eigenvalue weighted by Gasteiger charge is -2.44. The van der Waals surface area contributed by atoms with Gasteiger partial charge in [0, 0.05) is 22.1 Å². The van der Waals surface area contributed by atoms with Crippen molar-refractivity contribution in [2.75, 3.05) is 6.54 Å². The van der Waals surface area contributed by atoms with E-state index in [2.05, 4.69) is 34.3 Å². The highest BCUT2D eigenvalue weighted by molar-refractivity contribution is 8.00. The molecule has 0 radical (unpaired) electrons. The number of thioether (sulfide) groups is 1. The third kappa shape index (κ3) is 3.98. The van der Waals surface area contributed by atoms with Gasteiger partial charge in [0.05, 0.1) is 22.8 Å². The van der Waals surface area contributed by atoms with Gasteiger partial charge in [-0.15, -0.1) is 5.10 Å². The summed E-state index contributed by atoms with van der Waals surface area (Å²) in [5, 5.41) is 18.7. The van der Waals surface area contributed by atoms with E-state index >= 15 is 0 Å². The van der Waals surface area contributed by atoms with Gasteiger partial charge in [-0.25, -0.2) is 18.2 Å². The van der Waals surface area contributed by atoms with Crippen LogP contribution in [0.5, 0.6) is 0 Å². The maximum Gasteiger partial charge on any atom is 0.238 e. The highest BCUT2D eigenvalue weighted by Crippen LogP contribution is 2.47. The lowest BCUT2D eigenvalue weighted by atomic mass is 9.91. The molecule has 4 atom stereocenters. The van der Waals surface area contributed by atoms with Crippen LogP contribution in [0.4, 0.5) is 0 Å². The van der Waals surface area contributed by atoms with Gasteiger partial charge in [-0.3, -0.25) is 0 Å². The molecule has 1 aromatic carbocycles. The van der Waals surface area contributed by atoms with Crippen molar-refractivity contribution in [2.45, 2.75) is 66.5 Å². The largest absolute Gasteiger partial charge is 0.313 e.